The molecule has 7 heteroatoms. The van der Waals surface area contributed by atoms with Crippen molar-refractivity contribution in [3.05, 3.63) is 52.7 Å². The van der Waals surface area contributed by atoms with Crippen LogP contribution in [0.3, 0.4) is 0 Å². The molecule has 1 unspecified atom stereocenters. The zero-order chi connectivity index (χ0) is 17.0. The molecule has 0 fully saturated rings. The molecule has 23 heavy (non-hydrogen) atoms. The maximum atomic E-state index is 11.4. The lowest BCUT2D eigenvalue weighted by atomic mass is 10.1. The van der Waals surface area contributed by atoms with Gasteiger partial charge in [-0.1, -0.05) is 29.4 Å². The molecular formula is C16H15ClN2O3S. The number of amides is 1. The molecule has 2 N–H and O–H groups in total. The minimum Gasteiger partial charge on any atom is -0.478 e. The van der Waals surface area contributed by atoms with E-state index in [4.69, 9.17) is 11.6 Å². The lowest BCUT2D eigenvalue weighted by molar-refractivity contribution is -0.114. The van der Waals surface area contributed by atoms with Crippen LogP contribution in [0.5, 0.6) is 0 Å². The molecule has 0 aliphatic heterocycles. The van der Waals surface area contributed by atoms with Crippen molar-refractivity contribution in [1.29, 1.82) is 0 Å². The molecular weight excluding hydrogens is 336 g/mol. The fraction of sp³-hybridized carbons (Fsp3) is 0.188. The number of nitrogens with one attached hydrogen (secondary N) is 1. The number of thioether (sulfide) groups is 1. The van der Waals surface area contributed by atoms with Crippen LogP contribution in [-0.2, 0) is 4.79 Å². The number of hydrogen-bond acceptors (Lipinski definition) is 4. The molecule has 2 rings (SSSR count). The molecule has 0 saturated carbocycles. The highest BCUT2D eigenvalue weighted by Crippen LogP contribution is 2.39. The van der Waals surface area contributed by atoms with Gasteiger partial charge in [-0.05, 0) is 36.8 Å². The summed E-state index contributed by atoms with van der Waals surface area (Å²) in [6.07, 6.45) is 1.56. The molecule has 2 aromatic rings. The first-order chi connectivity index (χ1) is 10.9. The third-order valence-electron chi connectivity index (χ3n) is 3.04. The number of hydrogen-bond donors (Lipinski definition) is 2. The predicted molar refractivity (Wildman–Crippen MR) is 91.2 cm³/mol. The van der Waals surface area contributed by atoms with Gasteiger partial charge in [-0.15, -0.1) is 0 Å². The van der Waals surface area contributed by atoms with Crippen molar-refractivity contribution in [3.63, 3.8) is 0 Å². The number of aromatic carboxylic acids is 1. The molecule has 1 aromatic carbocycles. The Bertz CT molecular complexity index is 735. The van der Waals surface area contributed by atoms with Crippen molar-refractivity contribution in [2.75, 3.05) is 5.32 Å². The monoisotopic (exact) mass is 350 g/mol. The van der Waals surface area contributed by atoms with Gasteiger partial charge in [0.05, 0.1) is 22.5 Å². The molecule has 1 amide bonds. The van der Waals surface area contributed by atoms with E-state index in [0.717, 1.165) is 0 Å². The number of aromatic nitrogens is 1. The summed E-state index contributed by atoms with van der Waals surface area (Å²) in [6, 6.07) is 8.34. The van der Waals surface area contributed by atoms with Gasteiger partial charge in [0.15, 0.2) is 0 Å². The quantitative estimate of drug-likeness (QED) is 0.788. The highest BCUT2D eigenvalue weighted by Gasteiger charge is 2.20. The van der Waals surface area contributed by atoms with E-state index < -0.39 is 5.97 Å². The normalized spacial score (nSPS) is 11.8. The van der Waals surface area contributed by atoms with E-state index in [-0.39, 0.29) is 16.7 Å². The Morgan fingerprint density at radius 3 is 2.61 bits per heavy atom. The van der Waals surface area contributed by atoms with E-state index in [2.05, 4.69) is 10.3 Å². The largest absolute Gasteiger partial charge is 0.478 e. The predicted octanol–water partition coefficient (Wildman–Crippen LogP) is 4.24. The van der Waals surface area contributed by atoms with Crippen LogP contribution in [-0.4, -0.2) is 22.0 Å². The maximum Gasteiger partial charge on any atom is 0.336 e. The summed E-state index contributed by atoms with van der Waals surface area (Å²) in [7, 11) is 0. The second kappa shape index (κ2) is 7.48. The van der Waals surface area contributed by atoms with Crippen LogP contribution in [0.2, 0.25) is 5.02 Å². The van der Waals surface area contributed by atoms with Crippen LogP contribution in [0, 0.1) is 0 Å². The van der Waals surface area contributed by atoms with Crippen LogP contribution in [0.15, 0.2) is 41.6 Å². The zero-order valence-electron chi connectivity index (χ0n) is 12.5. The van der Waals surface area contributed by atoms with Gasteiger partial charge in [0.2, 0.25) is 5.91 Å². The highest BCUT2D eigenvalue weighted by atomic mass is 35.5. The van der Waals surface area contributed by atoms with Crippen molar-refractivity contribution in [2.45, 2.75) is 24.1 Å². The number of carbonyl (C=O) groups excluding carboxylic acids is 1. The lowest BCUT2D eigenvalue weighted by Gasteiger charge is -2.15. The van der Waals surface area contributed by atoms with Crippen molar-refractivity contribution in [1.82, 2.24) is 4.98 Å². The average Bonchev–Trinajstić information content (AvgIpc) is 2.48. The minimum absolute atomic E-state index is 0.164. The standard InChI is InChI=1S/C16H15ClN2O3S/c1-9(15-12(16(21)22)4-3-5-13(15)17)23-14-7-6-11(8-18-14)19-10(2)20/h3-9H,1-2H3,(H,19,20)(H,21,22). The number of anilines is 1. The lowest BCUT2D eigenvalue weighted by Crippen LogP contribution is -2.06. The van der Waals surface area contributed by atoms with Crippen molar-refractivity contribution in [3.8, 4) is 0 Å². The van der Waals surface area contributed by atoms with E-state index in [9.17, 15) is 14.7 Å². The van der Waals surface area contributed by atoms with Crippen molar-refractivity contribution >= 4 is 40.9 Å². The Labute approximate surface area is 143 Å². The van der Waals surface area contributed by atoms with E-state index in [0.29, 0.717) is 21.3 Å². The molecule has 5 nitrogen and oxygen atoms in total. The number of benzene rings is 1. The fourth-order valence-corrected chi connectivity index (χ4v) is 3.50. The summed E-state index contributed by atoms with van der Waals surface area (Å²) in [5.74, 6) is -1.17. The van der Waals surface area contributed by atoms with Crippen molar-refractivity contribution < 1.29 is 14.7 Å². The SMILES string of the molecule is CC(=O)Nc1ccc(SC(C)c2c(Cl)cccc2C(=O)O)nc1. The second-order valence-corrected chi connectivity index (χ2v) is 6.60. The fourth-order valence-electron chi connectivity index (χ4n) is 2.10. The summed E-state index contributed by atoms with van der Waals surface area (Å²) in [5, 5.41) is 12.9. The highest BCUT2D eigenvalue weighted by molar-refractivity contribution is 7.99. The number of rotatable bonds is 5. The Morgan fingerprint density at radius 2 is 2.04 bits per heavy atom. The molecule has 0 spiro atoms. The zero-order valence-corrected chi connectivity index (χ0v) is 14.1. The first-order valence-corrected chi connectivity index (χ1v) is 8.06. The number of pyridine rings is 1. The van der Waals surface area contributed by atoms with Gasteiger partial charge in [-0.3, -0.25) is 4.79 Å². The number of carboxylic acids is 1. The van der Waals surface area contributed by atoms with Crippen LogP contribution < -0.4 is 5.32 Å². The first-order valence-electron chi connectivity index (χ1n) is 6.80. The first kappa shape index (κ1) is 17.3. The summed E-state index contributed by atoms with van der Waals surface area (Å²) in [6.45, 7) is 3.30. The van der Waals surface area contributed by atoms with E-state index in [1.54, 1.807) is 30.5 Å². The van der Waals surface area contributed by atoms with Crippen LogP contribution in [0.4, 0.5) is 5.69 Å². The Balaban J connectivity index is 2.21. The van der Waals surface area contributed by atoms with Gasteiger partial charge in [-0.2, -0.15) is 0 Å². The van der Waals surface area contributed by atoms with E-state index >= 15 is 0 Å². The summed E-state index contributed by atoms with van der Waals surface area (Å²) in [5.41, 5.74) is 1.37. The van der Waals surface area contributed by atoms with Gasteiger partial charge in [-0.25, -0.2) is 9.78 Å². The van der Waals surface area contributed by atoms with Gasteiger partial charge in [0, 0.05) is 17.2 Å². The number of halogens is 1. The molecule has 0 radical (unpaired) electrons. The Kier molecular flexibility index (Phi) is 5.63. The summed E-state index contributed by atoms with van der Waals surface area (Å²) < 4.78 is 0. The van der Waals surface area contributed by atoms with Crippen LogP contribution in [0.25, 0.3) is 0 Å². The molecule has 1 heterocycles. The third-order valence-corrected chi connectivity index (χ3v) is 4.45. The van der Waals surface area contributed by atoms with Gasteiger partial charge in [0.25, 0.3) is 0 Å². The molecule has 0 aliphatic carbocycles. The molecule has 1 aromatic heterocycles. The summed E-state index contributed by atoms with van der Waals surface area (Å²) >= 11 is 7.57. The van der Waals surface area contributed by atoms with Crippen LogP contribution in [0.1, 0.15) is 35.0 Å². The van der Waals surface area contributed by atoms with Crippen molar-refractivity contribution in [2.24, 2.45) is 0 Å². The molecule has 0 saturated heterocycles. The van der Waals surface area contributed by atoms with E-state index in [1.807, 2.05) is 6.92 Å². The van der Waals surface area contributed by atoms with Gasteiger partial charge < -0.3 is 10.4 Å². The van der Waals surface area contributed by atoms with Gasteiger partial charge in [0.1, 0.15) is 0 Å². The third kappa shape index (κ3) is 4.46. The van der Waals surface area contributed by atoms with E-state index in [1.165, 1.54) is 24.8 Å². The second-order valence-electron chi connectivity index (χ2n) is 4.83. The smallest absolute Gasteiger partial charge is 0.336 e. The maximum absolute atomic E-state index is 11.4. The minimum atomic E-state index is -1.01. The van der Waals surface area contributed by atoms with Gasteiger partial charge >= 0.3 is 5.97 Å². The summed E-state index contributed by atoms with van der Waals surface area (Å²) in [4.78, 5) is 26.6. The van der Waals surface area contributed by atoms with Crippen LogP contribution >= 0.6 is 23.4 Å². The molecule has 0 aliphatic rings. The Morgan fingerprint density at radius 1 is 1.30 bits per heavy atom. The molecule has 0 bridgehead atoms. The number of nitrogens with zero attached hydrogens (tertiary/aromatic N) is 1. The topological polar surface area (TPSA) is 79.3 Å². The molecule has 120 valence electrons. The number of carbonyl (C=O) groups is 2. The Hall–Kier alpha value is -2.05. The number of carboxylic acid groups (broad SMARTS) is 1. The average molecular weight is 351 g/mol. The molecule has 1 atom stereocenters.